The molecule has 194 valence electrons. The molecule has 0 spiro atoms. The fraction of sp³-hybridized carbons (Fsp3) is 0.903. The van der Waals surface area contributed by atoms with Crippen molar-refractivity contribution < 1.29 is 4.79 Å². The molecule has 4 aliphatic rings. The monoisotopic (exact) mass is 470 g/mol. The molecule has 0 saturated heterocycles. The molecule has 1 unspecified atom stereocenters. The summed E-state index contributed by atoms with van der Waals surface area (Å²) in [7, 11) is 4.15. The Morgan fingerprint density at radius 2 is 1.76 bits per heavy atom. The van der Waals surface area contributed by atoms with Gasteiger partial charge in [-0.3, -0.25) is 4.79 Å². The highest BCUT2D eigenvalue weighted by atomic mass is 16.1. The van der Waals surface area contributed by atoms with Crippen molar-refractivity contribution in [2.75, 3.05) is 27.2 Å². The fourth-order valence-corrected chi connectivity index (χ4v) is 9.62. The van der Waals surface area contributed by atoms with Gasteiger partial charge in [-0.1, -0.05) is 45.8 Å². The molecule has 3 nitrogen and oxygen atoms in total. The number of rotatable bonds is 9. The van der Waals surface area contributed by atoms with Crippen LogP contribution in [0.2, 0.25) is 0 Å². The smallest absolute Gasteiger partial charge is 0.220 e. The molecule has 4 aliphatic carbocycles. The summed E-state index contributed by atoms with van der Waals surface area (Å²) in [5.74, 6) is 5.68. The Kier molecular flexibility index (Phi) is 8.53. The van der Waals surface area contributed by atoms with Gasteiger partial charge in [0.25, 0.3) is 0 Å². The molecular formula is C31H54N2O. The van der Waals surface area contributed by atoms with Crippen LogP contribution in [0.25, 0.3) is 0 Å². The number of hydrogen-bond acceptors (Lipinski definition) is 2. The molecule has 8 atom stereocenters. The maximum Gasteiger partial charge on any atom is 0.220 e. The van der Waals surface area contributed by atoms with Crippen molar-refractivity contribution in [3.05, 3.63) is 12.2 Å². The van der Waals surface area contributed by atoms with Crippen LogP contribution in [0.15, 0.2) is 12.2 Å². The van der Waals surface area contributed by atoms with Gasteiger partial charge in [0, 0.05) is 19.5 Å². The second-order valence-electron chi connectivity index (χ2n) is 13.5. The topological polar surface area (TPSA) is 32.3 Å². The summed E-state index contributed by atoms with van der Waals surface area (Å²) in [6.07, 6.45) is 21.8. The Morgan fingerprint density at radius 3 is 2.56 bits per heavy atom. The standard InChI is InChI=1S/C31H54N2O/c1-23(12-17-29(34)32-21-9-6-10-22-33(4)5)26-15-16-27-25-14-13-24-11-7-8-19-30(24,2)28(25)18-20-31(26,27)3/h6,10,23-28H,7-9,11-22H2,1-5H3,(H,32,34)/t23-,24?,25+,26-,27+,28+,30+,31-/m1/s1. The minimum absolute atomic E-state index is 0.250. The number of carbonyl (C=O) groups is 1. The van der Waals surface area contributed by atoms with Gasteiger partial charge >= 0.3 is 0 Å². The van der Waals surface area contributed by atoms with Crippen LogP contribution < -0.4 is 5.32 Å². The first-order valence-corrected chi connectivity index (χ1v) is 14.8. The van der Waals surface area contributed by atoms with Gasteiger partial charge in [0.15, 0.2) is 0 Å². The van der Waals surface area contributed by atoms with Crippen molar-refractivity contribution in [2.45, 2.75) is 104 Å². The fourth-order valence-electron chi connectivity index (χ4n) is 9.62. The molecule has 0 radical (unpaired) electrons. The van der Waals surface area contributed by atoms with E-state index in [0.29, 0.717) is 23.2 Å². The third-order valence-corrected chi connectivity index (χ3v) is 11.4. The van der Waals surface area contributed by atoms with Gasteiger partial charge < -0.3 is 10.2 Å². The molecule has 1 N–H and O–H groups in total. The molecule has 4 saturated carbocycles. The summed E-state index contributed by atoms with van der Waals surface area (Å²) in [4.78, 5) is 14.6. The lowest BCUT2D eigenvalue weighted by Gasteiger charge is -2.61. The van der Waals surface area contributed by atoms with Gasteiger partial charge in [0.1, 0.15) is 0 Å². The Balaban J connectivity index is 1.27. The van der Waals surface area contributed by atoms with Gasteiger partial charge in [-0.05, 0) is 125 Å². The van der Waals surface area contributed by atoms with Gasteiger partial charge in [0.05, 0.1) is 0 Å². The summed E-state index contributed by atoms with van der Waals surface area (Å²) in [5.41, 5.74) is 1.16. The second kappa shape index (κ2) is 11.1. The molecule has 34 heavy (non-hydrogen) atoms. The van der Waals surface area contributed by atoms with E-state index >= 15 is 0 Å². The number of hydrogen-bond donors (Lipinski definition) is 1. The number of fused-ring (bicyclic) bond motifs is 5. The van der Waals surface area contributed by atoms with Crippen molar-refractivity contribution in [3.8, 4) is 0 Å². The van der Waals surface area contributed by atoms with E-state index in [-0.39, 0.29) is 5.91 Å². The predicted molar refractivity (Wildman–Crippen MR) is 144 cm³/mol. The summed E-state index contributed by atoms with van der Waals surface area (Å²) in [5, 5.41) is 3.15. The predicted octanol–water partition coefficient (Wildman–Crippen LogP) is 7.08. The zero-order valence-electron chi connectivity index (χ0n) is 23.1. The summed E-state index contributed by atoms with van der Waals surface area (Å²) < 4.78 is 0. The van der Waals surface area contributed by atoms with Crippen molar-refractivity contribution in [3.63, 3.8) is 0 Å². The quantitative estimate of drug-likeness (QED) is 0.288. The van der Waals surface area contributed by atoms with E-state index in [9.17, 15) is 4.79 Å². The van der Waals surface area contributed by atoms with Gasteiger partial charge in [0.2, 0.25) is 5.91 Å². The number of likely N-dealkylation sites (N-methyl/N-ethyl adjacent to an activating group) is 1. The van der Waals surface area contributed by atoms with Crippen LogP contribution in [0, 0.1) is 46.3 Å². The first-order chi connectivity index (χ1) is 16.3. The van der Waals surface area contributed by atoms with Crippen LogP contribution in [-0.4, -0.2) is 38.0 Å². The van der Waals surface area contributed by atoms with E-state index in [1.54, 1.807) is 0 Å². The second-order valence-corrected chi connectivity index (χ2v) is 13.5. The highest BCUT2D eigenvalue weighted by Gasteiger charge is 2.60. The summed E-state index contributed by atoms with van der Waals surface area (Å²) in [6, 6.07) is 0. The van der Waals surface area contributed by atoms with Crippen LogP contribution in [0.3, 0.4) is 0 Å². The molecule has 0 aromatic rings. The number of nitrogens with zero attached hydrogens (tertiary/aromatic N) is 1. The number of amides is 1. The van der Waals surface area contributed by atoms with Gasteiger partial charge in [-0.2, -0.15) is 0 Å². The highest BCUT2D eigenvalue weighted by molar-refractivity contribution is 5.75. The molecule has 0 aromatic carbocycles. The van der Waals surface area contributed by atoms with Crippen molar-refractivity contribution in [1.82, 2.24) is 10.2 Å². The number of nitrogens with one attached hydrogen (secondary N) is 1. The lowest BCUT2D eigenvalue weighted by Crippen LogP contribution is -2.53. The Labute approximate surface area is 210 Å². The molecule has 0 heterocycles. The van der Waals surface area contributed by atoms with E-state index in [2.05, 4.69) is 57.2 Å². The molecule has 0 aliphatic heterocycles. The normalized spacial score (nSPS) is 40.6. The molecule has 4 rings (SSSR count). The zero-order valence-corrected chi connectivity index (χ0v) is 23.1. The minimum Gasteiger partial charge on any atom is -0.356 e. The van der Waals surface area contributed by atoms with E-state index in [4.69, 9.17) is 0 Å². The molecular weight excluding hydrogens is 416 g/mol. The number of carbonyl (C=O) groups excluding carboxylic acids is 1. The van der Waals surface area contributed by atoms with Crippen LogP contribution in [0.1, 0.15) is 104 Å². The van der Waals surface area contributed by atoms with Crippen molar-refractivity contribution in [2.24, 2.45) is 46.3 Å². The van der Waals surface area contributed by atoms with Crippen LogP contribution in [-0.2, 0) is 4.79 Å². The SMILES string of the molecule is C[C@H](CCC(=O)NCCC=CCN(C)C)[C@H]1CC[C@H]2[C@@H]3CCC4CCCC[C@]4(C)[C@H]3CC[C@]12C. The van der Waals surface area contributed by atoms with E-state index in [1.807, 2.05) is 0 Å². The molecule has 4 fully saturated rings. The first-order valence-electron chi connectivity index (χ1n) is 14.8. The highest BCUT2D eigenvalue weighted by Crippen LogP contribution is 2.68. The Bertz CT molecular complexity index is 716. The van der Waals surface area contributed by atoms with E-state index in [1.165, 1.54) is 64.2 Å². The van der Waals surface area contributed by atoms with Crippen LogP contribution >= 0.6 is 0 Å². The minimum atomic E-state index is 0.250. The van der Waals surface area contributed by atoms with Gasteiger partial charge in [-0.15, -0.1) is 0 Å². The van der Waals surface area contributed by atoms with Crippen molar-refractivity contribution >= 4 is 5.91 Å². The third kappa shape index (κ3) is 5.30. The molecule has 0 aromatic heterocycles. The van der Waals surface area contributed by atoms with E-state index < -0.39 is 0 Å². The average molecular weight is 471 g/mol. The maximum absolute atomic E-state index is 12.5. The van der Waals surface area contributed by atoms with Crippen LogP contribution in [0.4, 0.5) is 0 Å². The summed E-state index contributed by atoms with van der Waals surface area (Å²) >= 11 is 0. The van der Waals surface area contributed by atoms with Crippen LogP contribution in [0.5, 0.6) is 0 Å². The molecule has 0 bridgehead atoms. The van der Waals surface area contributed by atoms with E-state index in [0.717, 1.165) is 55.5 Å². The van der Waals surface area contributed by atoms with Crippen molar-refractivity contribution in [1.29, 1.82) is 0 Å². The lowest BCUT2D eigenvalue weighted by atomic mass is 9.44. The third-order valence-electron chi connectivity index (χ3n) is 11.4. The average Bonchev–Trinajstić information content (AvgIpc) is 3.16. The lowest BCUT2D eigenvalue weighted by molar-refractivity contribution is -0.122. The zero-order chi connectivity index (χ0) is 24.3. The maximum atomic E-state index is 12.5. The molecule has 1 amide bonds. The Hall–Kier alpha value is -0.830. The molecule has 3 heteroatoms. The summed E-state index contributed by atoms with van der Waals surface area (Å²) in [6.45, 7) is 9.55. The largest absolute Gasteiger partial charge is 0.356 e. The Morgan fingerprint density at radius 1 is 0.971 bits per heavy atom. The van der Waals surface area contributed by atoms with Gasteiger partial charge in [-0.25, -0.2) is 0 Å². The first kappa shape index (κ1) is 26.2.